The molecule has 1 rings (SSSR count). The van der Waals surface area contributed by atoms with E-state index in [0.29, 0.717) is 0 Å². The van der Waals surface area contributed by atoms with E-state index in [9.17, 15) is 9.59 Å². The van der Waals surface area contributed by atoms with E-state index in [0.717, 1.165) is 9.88 Å². The van der Waals surface area contributed by atoms with Crippen LogP contribution in [-0.2, 0) is 9.59 Å². The lowest BCUT2D eigenvalue weighted by Gasteiger charge is -2.05. The summed E-state index contributed by atoms with van der Waals surface area (Å²) in [5, 5.41) is 11.8. The Morgan fingerprint density at radius 2 is 2.31 bits per heavy atom. The van der Waals surface area contributed by atoms with Gasteiger partial charge in [0.15, 0.2) is 0 Å². The smallest absolute Gasteiger partial charge is 0.325 e. The predicted molar refractivity (Wildman–Crippen MR) is 61.1 cm³/mol. The zero-order valence-electron chi connectivity index (χ0n) is 8.93. The second-order valence-corrected chi connectivity index (χ2v) is 4.45. The molecule has 0 bridgehead atoms. The Hall–Kier alpha value is -1.69. The maximum absolute atomic E-state index is 11.3. The number of carboxylic acids is 1. The number of carboxylic acid groups (broad SMARTS) is 1. The third-order valence-electron chi connectivity index (χ3n) is 1.77. The summed E-state index contributed by atoms with van der Waals surface area (Å²) in [5.74, 6) is -1.49. The monoisotopic (exact) mass is 240 g/mol. The van der Waals surface area contributed by atoms with E-state index in [2.05, 4.69) is 10.3 Å². The average Bonchev–Trinajstić information content (AvgIpc) is 2.61. The quantitative estimate of drug-likeness (QED) is 0.771. The van der Waals surface area contributed by atoms with Gasteiger partial charge in [-0.25, -0.2) is 4.98 Å². The Kier molecular flexibility index (Phi) is 4.19. The normalized spacial score (nSPS) is 12.6. The molecule has 1 amide bonds. The lowest BCUT2D eigenvalue weighted by Crippen LogP contribution is -2.37. The molecule has 1 aromatic heterocycles. The number of thiazole rings is 1. The van der Waals surface area contributed by atoms with Crippen molar-refractivity contribution in [3.8, 4) is 0 Å². The van der Waals surface area contributed by atoms with Crippen molar-refractivity contribution in [2.75, 3.05) is 0 Å². The van der Waals surface area contributed by atoms with Crippen LogP contribution in [0.2, 0.25) is 0 Å². The van der Waals surface area contributed by atoms with E-state index >= 15 is 0 Å². The fourth-order valence-electron chi connectivity index (χ4n) is 0.936. The number of nitrogens with one attached hydrogen (secondary N) is 1. The number of aromatic nitrogens is 1. The van der Waals surface area contributed by atoms with Crippen molar-refractivity contribution in [3.63, 3.8) is 0 Å². The fourth-order valence-corrected chi connectivity index (χ4v) is 1.62. The Labute approximate surface area is 96.8 Å². The first-order valence-corrected chi connectivity index (χ1v) is 5.44. The number of carbonyl (C=O) groups excluding carboxylic acids is 1. The SMILES string of the molecule is Cc1ncc(/C=C/C(=O)N[C@@H](C)C(=O)O)s1. The minimum Gasteiger partial charge on any atom is -0.480 e. The van der Waals surface area contributed by atoms with Crippen molar-refractivity contribution in [2.45, 2.75) is 19.9 Å². The second kappa shape index (κ2) is 5.41. The molecule has 0 aromatic carbocycles. The lowest BCUT2D eigenvalue weighted by atomic mass is 10.3. The molecular weight excluding hydrogens is 228 g/mol. The first-order valence-electron chi connectivity index (χ1n) is 4.63. The first-order chi connectivity index (χ1) is 7.49. The average molecular weight is 240 g/mol. The molecule has 0 radical (unpaired) electrons. The molecule has 6 heteroatoms. The van der Waals surface area contributed by atoms with Crippen LogP contribution in [0.4, 0.5) is 0 Å². The van der Waals surface area contributed by atoms with Gasteiger partial charge in [-0.3, -0.25) is 9.59 Å². The van der Waals surface area contributed by atoms with Crippen LogP contribution in [0, 0.1) is 6.92 Å². The Morgan fingerprint density at radius 1 is 1.62 bits per heavy atom. The molecule has 0 aliphatic heterocycles. The van der Waals surface area contributed by atoms with Crippen molar-refractivity contribution < 1.29 is 14.7 Å². The molecular formula is C10H12N2O3S. The highest BCUT2D eigenvalue weighted by Gasteiger charge is 2.11. The molecule has 86 valence electrons. The Morgan fingerprint density at radius 3 is 2.81 bits per heavy atom. The van der Waals surface area contributed by atoms with Crippen molar-refractivity contribution in [1.29, 1.82) is 0 Å². The number of hydrogen-bond acceptors (Lipinski definition) is 4. The molecule has 0 unspecified atom stereocenters. The summed E-state index contributed by atoms with van der Waals surface area (Å²) in [7, 11) is 0. The molecule has 1 heterocycles. The highest BCUT2D eigenvalue weighted by Crippen LogP contribution is 2.12. The molecule has 1 atom stereocenters. The van der Waals surface area contributed by atoms with Crippen molar-refractivity contribution in [2.24, 2.45) is 0 Å². The van der Waals surface area contributed by atoms with Gasteiger partial charge >= 0.3 is 5.97 Å². The first kappa shape index (κ1) is 12.4. The number of aryl methyl sites for hydroxylation is 1. The van der Waals surface area contributed by atoms with Gasteiger partial charge in [0.05, 0.1) is 5.01 Å². The number of aliphatic carboxylic acids is 1. The number of carbonyl (C=O) groups is 2. The maximum atomic E-state index is 11.3. The van der Waals surface area contributed by atoms with E-state index < -0.39 is 17.9 Å². The molecule has 2 N–H and O–H groups in total. The zero-order chi connectivity index (χ0) is 12.1. The topological polar surface area (TPSA) is 79.3 Å². The number of nitrogens with zero attached hydrogens (tertiary/aromatic N) is 1. The molecule has 0 saturated carbocycles. The van der Waals surface area contributed by atoms with Gasteiger partial charge in [-0.15, -0.1) is 11.3 Å². The Balaban J connectivity index is 2.51. The van der Waals surface area contributed by atoms with Crippen LogP contribution in [0.1, 0.15) is 16.8 Å². The van der Waals surface area contributed by atoms with Crippen LogP contribution in [0.3, 0.4) is 0 Å². The lowest BCUT2D eigenvalue weighted by molar-refractivity contribution is -0.140. The molecule has 0 spiro atoms. The summed E-state index contributed by atoms with van der Waals surface area (Å²) in [6.45, 7) is 3.28. The minimum atomic E-state index is -1.06. The maximum Gasteiger partial charge on any atom is 0.325 e. The summed E-state index contributed by atoms with van der Waals surface area (Å²) >= 11 is 1.46. The summed E-state index contributed by atoms with van der Waals surface area (Å²) in [5.41, 5.74) is 0. The van der Waals surface area contributed by atoms with E-state index in [1.54, 1.807) is 12.3 Å². The van der Waals surface area contributed by atoms with Crippen LogP contribution in [0.5, 0.6) is 0 Å². The fraction of sp³-hybridized carbons (Fsp3) is 0.300. The summed E-state index contributed by atoms with van der Waals surface area (Å²) < 4.78 is 0. The molecule has 0 aliphatic carbocycles. The zero-order valence-corrected chi connectivity index (χ0v) is 9.75. The van der Waals surface area contributed by atoms with E-state index in [1.807, 2.05) is 6.92 Å². The van der Waals surface area contributed by atoms with Gasteiger partial charge in [0, 0.05) is 17.2 Å². The van der Waals surface area contributed by atoms with E-state index in [1.165, 1.54) is 24.3 Å². The van der Waals surface area contributed by atoms with Gasteiger partial charge < -0.3 is 10.4 Å². The molecule has 0 fully saturated rings. The molecule has 0 aliphatic rings. The minimum absolute atomic E-state index is 0.430. The van der Waals surface area contributed by atoms with Crippen molar-refractivity contribution in [3.05, 3.63) is 22.2 Å². The summed E-state index contributed by atoms with van der Waals surface area (Å²) in [6.07, 6.45) is 4.56. The largest absolute Gasteiger partial charge is 0.480 e. The van der Waals surface area contributed by atoms with Gasteiger partial charge in [-0.2, -0.15) is 0 Å². The van der Waals surface area contributed by atoms with Gasteiger partial charge in [0.2, 0.25) is 5.91 Å². The molecule has 1 aromatic rings. The molecule has 0 saturated heterocycles. The molecule has 5 nitrogen and oxygen atoms in total. The van der Waals surface area contributed by atoms with Crippen molar-refractivity contribution >= 4 is 29.3 Å². The van der Waals surface area contributed by atoms with Gasteiger partial charge in [-0.1, -0.05) is 0 Å². The van der Waals surface area contributed by atoms with Gasteiger partial charge in [0.25, 0.3) is 0 Å². The van der Waals surface area contributed by atoms with Gasteiger partial charge in [-0.05, 0) is 19.9 Å². The highest BCUT2D eigenvalue weighted by molar-refractivity contribution is 7.12. The van der Waals surface area contributed by atoms with E-state index in [4.69, 9.17) is 5.11 Å². The van der Waals surface area contributed by atoms with Crippen LogP contribution in [0.15, 0.2) is 12.3 Å². The summed E-state index contributed by atoms with van der Waals surface area (Å²) in [6, 6.07) is -0.889. The highest BCUT2D eigenvalue weighted by atomic mass is 32.1. The summed E-state index contributed by atoms with van der Waals surface area (Å²) in [4.78, 5) is 26.6. The number of amides is 1. The molecule has 16 heavy (non-hydrogen) atoms. The van der Waals surface area contributed by atoms with Gasteiger partial charge in [0.1, 0.15) is 6.04 Å². The second-order valence-electron chi connectivity index (χ2n) is 3.18. The van der Waals surface area contributed by atoms with E-state index in [-0.39, 0.29) is 0 Å². The van der Waals surface area contributed by atoms with Crippen LogP contribution in [-0.4, -0.2) is 28.0 Å². The van der Waals surface area contributed by atoms with Crippen LogP contribution < -0.4 is 5.32 Å². The number of hydrogen-bond donors (Lipinski definition) is 2. The van der Waals surface area contributed by atoms with Crippen LogP contribution >= 0.6 is 11.3 Å². The third-order valence-corrected chi connectivity index (χ3v) is 2.65. The standard InChI is InChI=1S/C10H12N2O3S/c1-6(10(14)15)12-9(13)4-3-8-5-11-7(2)16-8/h3-6H,1-2H3,(H,12,13)(H,14,15)/b4-3+/t6-/m0/s1. The van der Waals surface area contributed by atoms with Crippen LogP contribution in [0.25, 0.3) is 6.08 Å². The number of rotatable bonds is 4. The Bertz CT molecular complexity index is 425. The van der Waals surface area contributed by atoms with Crippen molar-refractivity contribution in [1.82, 2.24) is 10.3 Å². The third kappa shape index (κ3) is 3.82. The predicted octanol–water partition coefficient (Wildman–Crippen LogP) is 1.05.